The van der Waals surface area contributed by atoms with Gasteiger partial charge in [-0.2, -0.15) is 5.10 Å². The zero-order chi connectivity index (χ0) is 15.5. The fraction of sp³-hybridized carbons (Fsp3) is 0.500. The predicted octanol–water partition coefficient (Wildman–Crippen LogP) is 2.02. The van der Waals surface area contributed by atoms with E-state index in [1.54, 1.807) is 11.3 Å². The van der Waals surface area contributed by atoms with Gasteiger partial charge in [0.2, 0.25) is 5.91 Å². The Morgan fingerprint density at radius 2 is 2.32 bits per heavy atom. The molecule has 22 heavy (non-hydrogen) atoms. The van der Waals surface area contributed by atoms with E-state index in [-0.39, 0.29) is 11.9 Å². The van der Waals surface area contributed by atoms with Crippen molar-refractivity contribution in [2.45, 2.75) is 25.4 Å². The van der Waals surface area contributed by atoms with Crippen LogP contribution in [0.1, 0.15) is 23.0 Å². The second-order valence-electron chi connectivity index (χ2n) is 6.04. The van der Waals surface area contributed by atoms with Crippen LogP contribution < -0.4 is 0 Å². The van der Waals surface area contributed by atoms with Gasteiger partial charge in [-0.15, -0.1) is 11.3 Å². The first-order valence-corrected chi connectivity index (χ1v) is 8.48. The van der Waals surface area contributed by atoms with E-state index in [9.17, 15) is 4.79 Å². The van der Waals surface area contributed by atoms with E-state index in [0.29, 0.717) is 13.0 Å². The van der Waals surface area contributed by atoms with Gasteiger partial charge in [0, 0.05) is 17.6 Å². The van der Waals surface area contributed by atoms with Gasteiger partial charge in [0.25, 0.3) is 0 Å². The Bertz CT molecular complexity index is 620. The summed E-state index contributed by atoms with van der Waals surface area (Å²) in [6.45, 7) is 2.42. The highest BCUT2D eigenvalue weighted by Gasteiger charge is 2.28. The number of thiophene rings is 1. The predicted molar refractivity (Wildman–Crippen MR) is 87.9 cm³/mol. The summed E-state index contributed by atoms with van der Waals surface area (Å²) in [4.78, 5) is 17.9. The zero-order valence-corrected chi connectivity index (χ0v) is 13.9. The molecule has 0 bridgehead atoms. The second kappa shape index (κ2) is 6.62. The van der Waals surface area contributed by atoms with Crippen molar-refractivity contribution in [1.29, 1.82) is 0 Å². The summed E-state index contributed by atoms with van der Waals surface area (Å²) in [5.41, 5.74) is 1.13. The van der Waals surface area contributed by atoms with Crippen molar-refractivity contribution in [2.75, 3.05) is 27.2 Å². The van der Waals surface area contributed by atoms with E-state index in [1.807, 2.05) is 34.7 Å². The lowest BCUT2D eigenvalue weighted by molar-refractivity contribution is -0.132. The zero-order valence-electron chi connectivity index (χ0n) is 13.1. The van der Waals surface area contributed by atoms with E-state index in [2.05, 4.69) is 28.8 Å². The van der Waals surface area contributed by atoms with Crippen molar-refractivity contribution in [3.63, 3.8) is 0 Å². The highest BCUT2D eigenvalue weighted by Crippen LogP contribution is 2.24. The number of carbonyl (C=O) groups excluding carboxylic acids is 1. The lowest BCUT2D eigenvalue weighted by Crippen LogP contribution is -2.42. The van der Waals surface area contributed by atoms with Gasteiger partial charge in [-0.25, -0.2) is 0 Å². The molecular weight excluding hydrogens is 296 g/mol. The Kier molecular flexibility index (Phi) is 4.59. The first-order valence-electron chi connectivity index (χ1n) is 7.61. The van der Waals surface area contributed by atoms with Gasteiger partial charge < -0.3 is 9.80 Å². The fourth-order valence-electron chi connectivity index (χ4n) is 2.87. The number of aromatic nitrogens is 2. The highest BCUT2D eigenvalue weighted by atomic mass is 32.1. The summed E-state index contributed by atoms with van der Waals surface area (Å²) >= 11 is 1.65. The highest BCUT2D eigenvalue weighted by molar-refractivity contribution is 7.10. The Morgan fingerprint density at radius 3 is 3.05 bits per heavy atom. The van der Waals surface area contributed by atoms with Crippen LogP contribution in [0, 0.1) is 0 Å². The van der Waals surface area contributed by atoms with E-state index in [4.69, 9.17) is 0 Å². The third-order valence-corrected chi connectivity index (χ3v) is 4.93. The average Bonchev–Trinajstić information content (AvgIpc) is 3.14. The molecule has 118 valence electrons. The lowest BCUT2D eigenvalue weighted by Gasteiger charge is -2.34. The normalized spacial score (nSPS) is 17.8. The van der Waals surface area contributed by atoms with Gasteiger partial charge in [0.05, 0.1) is 24.7 Å². The summed E-state index contributed by atoms with van der Waals surface area (Å²) in [6.07, 6.45) is 3.35. The molecule has 0 N–H and O–H groups in total. The van der Waals surface area contributed by atoms with Crippen LogP contribution in [0.3, 0.4) is 0 Å². The fourth-order valence-corrected chi connectivity index (χ4v) is 3.57. The summed E-state index contributed by atoms with van der Waals surface area (Å²) in [6, 6.07) is 6.32. The Hall–Kier alpha value is -1.66. The van der Waals surface area contributed by atoms with Crippen LogP contribution in [0.5, 0.6) is 0 Å². The Labute approximate surface area is 135 Å². The van der Waals surface area contributed by atoms with Crippen molar-refractivity contribution < 1.29 is 4.79 Å². The number of fused-ring (bicyclic) bond motifs is 1. The largest absolute Gasteiger partial charge is 0.334 e. The molecule has 5 nitrogen and oxygen atoms in total. The molecule has 0 saturated heterocycles. The molecule has 0 spiro atoms. The molecule has 0 radical (unpaired) electrons. The number of hydrogen-bond acceptors (Lipinski definition) is 4. The quantitative estimate of drug-likeness (QED) is 0.847. The molecule has 1 atom stereocenters. The average molecular weight is 318 g/mol. The van der Waals surface area contributed by atoms with Crippen molar-refractivity contribution in [3.8, 4) is 0 Å². The first kappa shape index (κ1) is 15.2. The molecule has 0 aliphatic carbocycles. The van der Waals surface area contributed by atoms with Crippen molar-refractivity contribution in [1.82, 2.24) is 19.6 Å². The van der Waals surface area contributed by atoms with Gasteiger partial charge in [-0.1, -0.05) is 6.07 Å². The van der Waals surface area contributed by atoms with Crippen LogP contribution >= 0.6 is 11.3 Å². The summed E-state index contributed by atoms with van der Waals surface area (Å²) in [5.74, 6) is 0.213. The van der Waals surface area contributed by atoms with Crippen molar-refractivity contribution in [3.05, 3.63) is 40.3 Å². The maximum absolute atomic E-state index is 12.6. The molecule has 0 aromatic carbocycles. The molecule has 6 heteroatoms. The molecule has 1 aliphatic heterocycles. The van der Waals surface area contributed by atoms with Crippen LogP contribution in [-0.2, 0) is 17.8 Å². The van der Waals surface area contributed by atoms with Gasteiger partial charge in [0.15, 0.2) is 0 Å². The third kappa shape index (κ3) is 3.39. The number of hydrogen-bond donors (Lipinski definition) is 0. The van der Waals surface area contributed by atoms with Gasteiger partial charge >= 0.3 is 0 Å². The number of nitrogens with zero attached hydrogens (tertiary/aromatic N) is 4. The van der Waals surface area contributed by atoms with Crippen molar-refractivity contribution in [2.24, 2.45) is 0 Å². The second-order valence-corrected chi connectivity index (χ2v) is 7.08. The summed E-state index contributed by atoms with van der Waals surface area (Å²) < 4.78 is 2.10. The molecule has 0 fully saturated rings. The van der Waals surface area contributed by atoms with Crippen molar-refractivity contribution >= 4 is 17.2 Å². The van der Waals surface area contributed by atoms with Crippen LogP contribution in [0.2, 0.25) is 0 Å². The molecule has 1 amide bonds. The van der Waals surface area contributed by atoms with Gasteiger partial charge in [-0.3, -0.25) is 9.48 Å². The van der Waals surface area contributed by atoms with Crippen LogP contribution in [-0.4, -0.2) is 52.7 Å². The minimum Gasteiger partial charge on any atom is -0.334 e. The van der Waals surface area contributed by atoms with Crippen LogP contribution in [0.25, 0.3) is 0 Å². The Morgan fingerprint density at radius 1 is 1.45 bits per heavy atom. The number of carbonyl (C=O) groups is 1. The molecule has 2 aromatic rings. The van der Waals surface area contributed by atoms with Gasteiger partial charge in [-0.05, 0) is 44.6 Å². The Balaban J connectivity index is 1.70. The smallest absolute Gasteiger partial charge is 0.228 e. The maximum atomic E-state index is 12.6. The van der Waals surface area contributed by atoms with Gasteiger partial charge in [0.1, 0.15) is 0 Å². The van der Waals surface area contributed by atoms with E-state index in [1.165, 1.54) is 0 Å². The topological polar surface area (TPSA) is 41.4 Å². The van der Waals surface area contributed by atoms with Crippen LogP contribution in [0.4, 0.5) is 0 Å². The number of rotatable bonds is 5. The third-order valence-electron chi connectivity index (χ3n) is 4.05. The number of amides is 1. The standard InChI is InChI=1S/C16H22N4OS/c1-18(2)8-6-14-12-19(11-13-5-7-17-20(13)14)16(21)10-15-4-3-9-22-15/h3-5,7,9,14H,6,8,10-12H2,1-2H3. The molecule has 3 rings (SSSR count). The monoisotopic (exact) mass is 318 g/mol. The molecular formula is C16H22N4OS. The summed E-state index contributed by atoms with van der Waals surface area (Å²) in [7, 11) is 4.15. The van der Waals surface area contributed by atoms with E-state index in [0.717, 1.165) is 30.1 Å². The van der Waals surface area contributed by atoms with E-state index >= 15 is 0 Å². The molecule has 2 aromatic heterocycles. The maximum Gasteiger partial charge on any atom is 0.228 e. The molecule has 3 heterocycles. The lowest BCUT2D eigenvalue weighted by atomic mass is 10.1. The van der Waals surface area contributed by atoms with E-state index < -0.39 is 0 Å². The SMILES string of the molecule is CN(C)CCC1CN(C(=O)Cc2cccs2)Cc2ccnn21. The molecule has 1 aliphatic rings. The minimum atomic E-state index is 0.213. The van der Waals surface area contributed by atoms with Crippen LogP contribution in [0.15, 0.2) is 29.8 Å². The minimum absolute atomic E-state index is 0.213. The summed E-state index contributed by atoms with van der Waals surface area (Å²) in [5, 5.41) is 6.47. The molecule has 1 unspecified atom stereocenters. The molecule has 0 saturated carbocycles. The first-order chi connectivity index (χ1) is 10.6.